The number of hydrogen-bond acceptors (Lipinski definition) is 4. The van der Waals surface area contributed by atoms with E-state index in [4.69, 9.17) is 21.4 Å². The van der Waals surface area contributed by atoms with Crippen LogP contribution in [0.3, 0.4) is 0 Å². The van der Waals surface area contributed by atoms with Crippen molar-refractivity contribution in [1.82, 2.24) is 15.1 Å². The van der Waals surface area contributed by atoms with Crippen molar-refractivity contribution < 1.29 is 19.4 Å². The van der Waals surface area contributed by atoms with Crippen LogP contribution in [0.25, 0.3) is 0 Å². The van der Waals surface area contributed by atoms with Crippen molar-refractivity contribution in [2.45, 2.75) is 25.6 Å². The van der Waals surface area contributed by atoms with Crippen molar-refractivity contribution in [1.29, 1.82) is 0 Å². The average Bonchev–Trinajstić information content (AvgIpc) is 2.95. The standard InChI is InChI=1S/C15H16ClN3O4/c16-12-8-17-19(9-12)7-6-13(14(20)21)18-15(22)23-10-11-4-2-1-3-5-11/h1-5,8-9,13H,6-7,10H2,(H,18,22)(H,20,21). The first-order valence-electron chi connectivity index (χ1n) is 6.92. The Morgan fingerprint density at radius 2 is 2.09 bits per heavy atom. The molecule has 1 amide bonds. The number of aryl methyl sites for hydroxylation is 1. The summed E-state index contributed by atoms with van der Waals surface area (Å²) >= 11 is 5.73. The maximum atomic E-state index is 11.7. The molecule has 1 atom stereocenters. The molecule has 0 aliphatic carbocycles. The third-order valence-corrected chi connectivity index (χ3v) is 3.25. The van der Waals surface area contributed by atoms with Crippen LogP contribution in [0.15, 0.2) is 42.7 Å². The van der Waals surface area contributed by atoms with Crippen molar-refractivity contribution >= 4 is 23.7 Å². The van der Waals surface area contributed by atoms with E-state index in [1.54, 1.807) is 6.20 Å². The molecule has 0 fully saturated rings. The number of nitrogens with zero attached hydrogens (tertiary/aromatic N) is 2. The van der Waals surface area contributed by atoms with E-state index in [-0.39, 0.29) is 13.0 Å². The highest BCUT2D eigenvalue weighted by Gasteiger charge is 2.20. The van der Waals surface area contributed by atoms with Crippen LogP contribution < -0.4 is 5.32 Å². The van der Waals surface area contributed by atoms with E-state index < -0.39 is 18.1 Å². The Hall–Kier alpha value is -2.54. The molecule has 0 saturated heterocycles. The first-order valence-corrected chi connectivity index (χ1v) is 7.30. The molecule has 1 heterocycles. The Morgan fingerprint density at radius 3 is 2.70 bits per heavy atom. The number of benzene rings is 1. The zero-order chi connectivity index (χ0) is 16.7. The van der Waals surface area contributed by atoms with E-state index in [2.05, 4.69) is 10.4 Å². The fourth-order valence-electron chi connectivity index (χ4n) is 1.89. The average molecular weight is 338 g/mol. The van der Waals surface area contributed by atoms with Crippen LogP contribution in [0.4, 0.5) is 4.79 Å². The third kappa shape index (κ3) is 5.63. The van der Waals surface area contributed by atoms with E-state index >= 15 is 0 Å². The highest BCUT2D eigenvalue weighted by atomic mass is 35.5. The molecule has 8 heteroatoms. The van der Waals surface area contributed by atoms with Crippen molar-refractivity contribution in [3.8, 4) is 0 Å². The number of carboxylic acids is 1. The monoisotopic (exact) mass is 337 g/mol. The molecule has 2 N–H and O–H groups in total. The summed E-state index contributed by atoms with van der Waals surface area (Å²) in [7, 11) is 0. The Morgan fingerprint density at radius 1 is 1.35 bits per heavy atom. The highest BCUT2D eigenvalue weighted by Crippen LogP contribution is 2.06. The number of nitrogens with one attached hydrogen (secondary N) is 1. The lowest BCUT2D eigenvalue weighted by Crippen LogP contribution is -2.41. The molecular weight excluding hydrogens is 322 g/mol. The molecule has 1 aromatic carbocycles. The fourth-order valence-corrected chi connectivity index (χ4v) is 2.04. The van der Waals surface area contributed by atoms with E-state index in [1.165, 1.54) is 10.9 Å². The van der Waals surface area contributed by atoms with Gasteiger partial charge < -0.3 is 15.2 Å². The van der Waals surface area contributed by atoms with Crippen LogP contribution in [-0.2, 0) is 22.7 Å². The van der Waals surface area contributed by atoms with Crippen LogP contribution in [0, 0.1) is 0 Å². The fraction of sp³-hybridized carbons (Fsp3) is 0.267. The second kappa shape index (κ2) is 8.19. The summed E-state index contributed by atoms with van der Waals surface area (Å²) in [6.07, 6.45) is 2.42. The van der Waals surface area contributed by atoms with Gasteiger partial charge in [-0.3, -0.25) is 4.68 Å². The Kier molecular flexibility index (Phi) is 5.99. The molecule has 1 aromatic heterocycles. The summed E-state index contributed by atoms with van der Waals surface area (Å²) in [6, 6.07) is 8.05. The zero-order valence-corrected chi connectivity index (χ0v) is 12.9. The summed E-state index contributed by atoms with van der Waals surface area (Å²) in [4.78, 5) is 22.9. The Balaban J connectivity index is 1.81. The minimum atomic E-state index is -1.14. The van der Waals surface area contributed by atoms with Gasteiger partial charge in [-0.25, -0.2) is 9.59 Å². The summed E-state index contributed by atoms with van der Waals surface area (Å²) in [5.41, 5.74) is 0.820. The number of ether oxygens (including phenoxy) is 1. The molecule has 0 spiro atoms. The molecule has 2 rings (SSSR count). The number of carbonyl (C=O) groups is 2. The van der Waals surface area contributed by atoms with E-state index in [0.717, 1.165) is 5.56 Å². The largest absolute Gasteiger partial charge is 0.480 e. The van der Waals surface area contributed by atoms with Gasteiger partial charge >= 0.3 is 12.1 Å². The Bertz CT molecular complexity index is 660. The van der Waals surface area contributed by atoms with Gasteiger partial charge in [-0.05, 0) is 12.0 Å². The lowest BCUT2D eigenvalue weighted by Gasteiger charge is -2.14. The molecule has 0 saturated carbocycles. The normalized spacial score (nSPS) is 11.7. The molecule has 2 aromatic rings. The highest BCUT2D eigenvalue weighted by molar-refractivity contribution is 6.30. The summed E-state index contributed by atoms with van der Waals surface area (Å²) < 4.78 is 6.52. The first-order chi connectivity index (χ1) is 11.0. The maximum Gasteiger partial charge on any atom is 0.408 e. The van der Waals surface area contributed by atoms with E-state index in [9.17, 15) is 9.59 Å². The van der Waals surface area contributed by atoms with Crippen molar-refractivity contribution in [2.24, 2.45) is 0 Å². The third-order valence-electron chi connectivity index (χ3n) is 3.05. The van der Waals surface area contributed by atoms with E-state index in [1.807, 2.05) is 30.3 Å². The quantitative estimate of drug-likeness (QED) is 0.808. The molecule has 0 aliphatic heterocycles. The van der Waals surface area contributed by atoms with Crippen molar-refractivity contribution in [2.75, 3.05) is 0 Å². The number of carbonyl (C=O) groups excluding carboxylic acids is 1. The number of carboxylic acid groups (broad SMARTS) is 1. The van der Waals surface area contributed by atoms with Crippen LogP contribution in [-0.4, -0.2) is 33.0 Å². The van der Waals surface area contributed by atoms with Gasteiger partial charge in [0.05, 0.1) is 11.2 Å². The first kappa shape index (κ1) is 16.8. The van der Waals surface area contributed by atoms with Crippen molar-refractivity contribution in [3.63, 3.8) is 0 Å². The molecule has 7 nitrogen and oxygen atoms in total. The topological polar surface area (TPSA) is 93.5 Å². The SMILES string of the molecule is O=C(NC(CCn1cc(Cl)cn1)C(=O)O)OCc1ccccc1. The summed E-state index contributed by atoms with van der Waals surface area (Å²) in [5, 5.41) is 15.9. The van der Waals surface area contributed by atoms with Gasteiger partial charge in [0, 0.05) is 12.7 Å². The van der Waals surface area contributed by atoms with Crippen LogP contribution in [0.5, 0.6) is 0 Å². The smallest absolute Gasteiger partial charge is 0.408 e. The lowest BCUT2D eigenvalue weighted by atomic mass is 10.2. The lowest BCUT2D eigenvalue weighted by molar-refractivity contribution is -0.139. The number of alkyl carbamates (subject to hydrolysis) is 1. The number of aliphatic carboxylic acids is 1. The maximum absolute atomic E-state index is 11.7. The molecule has 1 unspecified atom stereocenters. The molecule has 0 radical (unpaired) electrons. The number of hydrogen-bond donors (Lipinski definition) is 2. The van der Waals surface area contributed by atoms with Gasteiger partial charge in [0.25, 0.3) is 0 Å². The molecule has 0 bridgehead atoms. The van der Waals surface area contributed by atoms with Gasteiger partial charge in [-0.15, -0.1) is 0 Å². The number of amides is 1. The van der Waals surface area contributed by atoms with Crippen molar-refractivity contribution in [3.05, 3.63) is 53.3 Å². The Labute approximate surface area is 137 Å². The summed E-state index contributed by atoms with van der Waals surface area (Å²) in [6.45, 7) is 0.385. The second-order valence-electron chi connectivity index (χ2n) is 4.81. The predicted molar refractivity (Wildman–Crippen MR) is 83.0 cm³/mol. The van der Waals surface area contributed by atoms with Crippen LogP contribution in [0.1, 0.15) is 12.0 Å². The van der Waals surface area contributed by atoms with Gasteiger partial charge in [0.1, 0.15) is 12.6 Å². The van der Waals surface area contributed by atoms with Gasteiger partial charge in [-0.1, -0.05) is 41.9 Å². The minimum Gasteiger partial charge on any atom is -0.480 e. The van der Waals surface area contributed by atoms with Gasteiger partial charge in [0.15, 0.2) is 0 Å². The zero-order valence-electron chi connectivity index (χ0n) is 12.2. The number of aromatic nitrogens is 2. The minimum absolute atomic E-state index is 0.0772. The second-order valence-corrected chi connectivity index (χ2v) is 5.24. The predicted octanol–water partition coefficient (Wildman–Crippen LogP) is 2.31. The molecule has 23 heavy (non-hydrogen) atoms. The molecule has 0 aliphatic rings. The molecular formula is C15H16ClN3O4. The van der Waals surface area contributed by atoms with Crippen LogP contribution >= 0.6 is 11.6 Å². The number of halogens is 1. The van der Waals surface area contributed by atoms with Gasteiger partial charge in [-0.2, -0.15) is 5.10 Å². The van der Waals surface area contributed by atoms with Gasteiger partial charge in [0.2, 0.25) is 0 Å². The number of rotatable bonds is 7. The summed E-state index contributed by atoms with van der Waals surface area (Å²) in [5.74, 6) is -1.14. The van der Waals surface area contributed by atoms with E-state index in [0.29, 0.717) is 11.6 Å². The van der Waals surface area contributed by atoms with Crippen LogP contribution in [0.2, 0.25) is 5.02 Å². The molecule has 122 valence electrons.